The lowest BCUT2D eigenvalue weighted by Crippen LogP contribution is -2.64. The van der Waals surface area contributed by atoms with Gasteiger partial charge in [-0.1, -0.05) is 11.8 Å². The number of primary amides is 1. The molecule has 0 aromatic carbocycles. The zero-order valence-corrected chi connectivity index (χ0v) is 18.1. The van der Waals surface area contributed by atoms with Gasteiger partial charge in [0.2, 0.25) is 5.91 Å². The van der Waals surface area contributed by atoms with Crippen LogP contribution < -0.4 is 11.1 Å². The maximum Gasteiger partial charge on any atom is 0.325 e. The topological polar surface area (TPSA) is 137 Å². The Balaban J connectivity index is 1.46. The Morgan fingerprint density at radius 1 is 1.26 bits per heavy atom. The first-order valence-electron chi connectivity index (χ1n) is 10.3. The summed E-state index contributed by atoms with van der Waals surface area (Å²) < 4.78 is 0. The molecule has 12 heteroatoms. The van der Waals surface area contributed by atoms with E-state index in [1.807, 2.05) is 4.90 Å². The highest BCUT2D eigenvalue weighted by atomic mass is 32.2. The van der Waals surface area contributed by atoms with Crippen LogP contribution in [0.2, 0.25) is 0 Å². The second kappa shape index (κ2) is 9.08. The van der Waals surface area contributed by atoms with Gasteiger partial charge in [0.15, 0.2) is 23.3 Å². The molecule has 0 radical (unpaired) electrons. The molecule has 166 valence electrons. The second-order valence-electron chi connectivity index (χ2n) is 7.78. The zero-order chi connectivity index (χ0) is 22.0. The Morgan fingerprint density at radius 2 is 1.97 bits per heavy atom. The van der Waals surface area contributed by atoms with Crippen LogP contribution in [0, 0.1) is 5.92 Å². The number of nitrogens with one attached hydrogen (secondary N) is 1. The summed E-state index contributed by atoms with van der Waals surface area (Å²) in [6, 6.07) is 0.767. The fourth-order valence-electron chi connectivity index (χ4n) is 4.14. The highest BCUT2D eigenvalue weighted by Gasteiger charge is 2.49. The standard InChI is InChI=1S/C19H26N8O3S/c1-25-15-13(16(29)24-19(25)30)27(8-3-11-31-17-21-6-2-7-22-17)18(23-15)26-9-4-12(5-10-26)14(20)28/h2,6-7,12-13,15H,3-5,8-11H2,1H3,(H2,20,28)(H,24,29,30). The molecule has 3 aliphatic heterocycles. The number of nitrogens with two attached hydrogens (primary N) is 1. The van der Waals surface area contributed by atoms with Gasteiger partial charge in [-0.05, 0) is 25.3 Å². The molecule has 0 bridgehead atoms. The van der Waals surface area contributed by atoms with Gasteiger partial charge in [-0.3, -0.25) is 14.9 Å². The number of carbonyl (C=O) groups excluding carboxylic acids is 3. The molecule has 4 heterocycles. The molecule has 11 nitrogen and oxygen atoms in total. The molecule has 31 heavy (non-hydrogen) atoms. The summed E-state index contributed by atoms with van der Waals surface area (Å²) in [6.45, 7) is 1.87. The van der Waals surface area contributed by atoms with Crippen molar-refractivity contribution in [2.75, 3.05) is 32.4 Å². The molecule has 0 saturated carbocycles. The van der Waals surface area contributed by atoms with Gasteiger partial charge in [0.1, 0.15) is 0 Å². The van der Waals surface area contributed by atoms with E-state index in [0.29, 0.717) is 43.6 Å². The molecular weight excluding hydrogens is 420 g/mol. The van der Waals surface area contributed by atoms with Crippen molar-refractivity contribution < 1.29 is 14.4 Å². The summed E-state index contributed by atoms with van der Waals surface area (Å²) in [4.78, 5) is 55.0. The summed E-state index contributed by atoms with van der Waals surface area (Å²) in [6.07, 6.45) is 4.95. The summed E-state index contributed by atoms with van der Waals surface area (Å²) in [7, 11) is 1.64. The number of likely N-dealkylation sites (N-methyl/N-ethyl adjacent to an activating group) is 1. The predicted octanol–water partition coefficient (Wildman–Crippen LogP) is -0.296. The van der Waals surface area contributed by atoms with E-state index in [1.54, 1.807) is 37.3 Å². The Morgan fingerprint density at radius 3 is 2.65 bits per heavy atom. The second-order valence-corrected chi connectivity index (χ2v) is 8.85. The fraction of sp³-hybridized carbons (Fsp3) is 0.579. The van der Waals surface area contributed by atoms with Crippen LogP contribution in [0.3, 0.4) is 0 Å². The number of carbonyl (C=O) groups is 3. The number of likely N-dealkylation sites (tertiary alicyclic amines) is 1. The minimum Gasteiger partial charge on any atom is -0.369 e. The van der Waals surface area contributed by atoms with Gasteiger partial charge < -0.3 is 20.4 Å². The first kappa shape index (κ1) is 21.3. The number of aliphatic imine (C=N–C) groups is 1. The predicted molar refractivity (Wildman–Crippen MR) is 114 cm³/mol. The maximum atomic E-state index is 12.7. The number of urea groups is 1. The normalized spacial score (nSPS) is 24.2. The highest BCUT2D eigenvalue weighted by Crippen LogP contribution is 2.28. The fourth-order valence-corrected chi connectivity index (χ4v) is 4.86. The number of amides is 4. The highest BCUT2D eigenvalue weighted by molar-refractivity contribution is 7.99. The number of nitrogens with zero attached hydrogens (tertiary/aromatic N) is 6. The minimum atomic E-state index is -0.565. The molecule has 1 aromatic heterocycles. The molecule has 2 fully saturated rings. The molecule has 2 unspecified atom stereocenters. The summed E-state index contributed by atoms with van der Waals surface area (Å²) in [5.74, 6) is 0.742. The van der Waals surface area contributed by atoms with Crippen LogP contribution in [0.25, 0.3) is 0 Å². The van der Waals surface area contributed by atoms with Crippen molar-refractivity contribution in [3.8, 4) is 0 Å². The number of imide groups is 1. The largest absolute Gasteiger partial charge is 0.369 e. The Labute approximate surface area is 184 Å². The number of aromatic nitrogens is 2. The van der Waals surface area contributed by atoms with E-state index in [2.05, 4.69) is 20.2 Å². The van der Waals surface area contributed by atoms with Crippen LogP contribution in [-0.2, 0) is 9.59 Å². The van der Waals surface area contributed by atoms with Gasteiger partial charge in [0, 0.05) is 50.7 Å². The van der Waals surface area contributed by atoms with Crippen LogP contribution in [0.4, 0.5) is 4.79 Å². The summed E-state index contributed by atoms with van der Waals surface area (Å²) in [5.41, 5.74) is 5.46. The van der Waals surface area contributed by atoms with Crippen molar-refractivity contribution in [1.82, 2.24) is 30.0 Å². The summed E-state index contributed by atoms with van der Waals surface area (Å²) >= 11 is 1.56. The third kappa shape index (κ3) is 4.43. The number of hydrogen-bond acceptors (Lipinski definition) is 9. The molecule has 0 spiro atoms. The Kier molecular flexibility index (Phi) is 6.25. The lowest BCUT2D eigenvalue weighted by atomic mass is 9.96. The van der Waals surface area contributed by atoms with Crippen LogP contribution in [0.1, 0.15) is 19.3 Å². The first-order chi connectivity index (χ1) is 15.0. The first-order valence-corrected chi connectivity index (χ1v) is 11.3. The average Bonchev–Trinajstić information content (AvgIpc) is 3.16. The van der Waals surface area contributed by atoms with E-state index >= 15 is 0 Å². The molecule has 4 amide bonds. The molecule has 3 N–H and O–H groups in total. The van der Waals surface area contributed by atoms with Gasteiger partial charge in [0.05, 0.1) is 0 Å². The molecular formula is C19H26N8O3S. The molecule has 3 aliphatic rings. The van der Waals surface area contributed by atoms with Crippen molar-refractivity contribution in [1.29, 1.82) is 0 Å². The number of fused-ring (bicyclic) bond motifs is 1. The maximum absolute atomic E-state index is 12.7. The molecule has 0 aliphatic carbocycles. The Bertz CT molecular complexity index is 874. The monoisotopic (exact) mass is 446 g/mol. The molecule has 2 atom stereocenters. The van der Waals surface area contributed by atoms with Crippen molar-refractivity contribution in [3.05, 3.63) is 18.5 Å². The van der Waals surface area contributed by atoms with E-state index < -0.39 is 18.2 Å². The van der Waals surface area contributed by atoms with E-state index in [4.69, 9.17) is 10.7 Å². The SMILES string of the molecule is CN1C(=O)NC(=O)C2C1N=C(N1CCC(C(N)=O)CC1)N2CCCSc1ncccn1. The van der Waals surface area contributed by atoms with Crippen LogP contribution in [0.15, 0.2) is 28.6 Å². The van der Waals surface area contributed by atoms with Crippen molar-refractivity contribution in [2.45, 2.75) is 36.6 Å². The van der Waals surface area contributed by atoms with Crippen LogP contribution in [-0.4, -0.2) is 93.1 Å². The van der Waals surface area contributed by atoms with Gasteiger partial charge in [0.25, 0.3) is 5.91 Å². The van der Waals surface area contributed by atoms with Crippen molar-refractivity contribution in [3.63, 3.8) is 0 Å². The summed E-state index contributed by atoms with van der Waals surface area (Å²) in [5, 5.41) is 3.13. The smallest absolute Gasteiger partial charge is 0.325 e. The van der Waals surface area contributed by atoms with Crippen molar-refractivity contribution in [2.24, 2.45) is 16.6 Å². The molecule has 4 rings (SSSR count). The third-order valence-corrected chi connectivity index (χ3v) is 6.80. The van der Waals surface area contributed by atoms with E-state index in [-0.39, 0.29) is 17.7 Å². The van der Waals surface area contributed by atoms with E-state index in [9.17, 15) is 14.4 Å². The van der Waals surface area contributed by atoms with Crippen LogP contribution >= 0.6 is 11.8 Å². The van der Waals surface area contributed by atoms with Gasteiger partial charge in [-0.25, -0.2) is 19.8 Å². The van der Waals surface area contributed by atoms with E-state index in [0.717, 1.165) is 12.2 Å². The quantitative estimate of drug-likeness (QED) is 0.345. The number of piperidine rings is 1. The van der Waals surface area contributed by atoms with E-state index in [1.165, 1.54) is 4.90 Å². The van der Waals surface area contributed by atoms with Gasteiger partial charge >= 0.3 is 6.03 Å². The lowest BCUT2D eigenvalue weighted by Gasteiger charge is -2.39. The van der Waals surface area contributed by atoms with Crippen LogP contribution in [0.5, 0.6) is 0 Å². The third-order valence-electron chi connectivity index (χ3n) is 5.84. The van der Waals surface area contributed by atoms with Gasteiger partial charge in [-0.15, -0.1) is 0 Å². The van der Waals surface area contributed by atoms with Crippen molar-refractivity contribution >= 4 is 35.6 Å². The number of guanidine groups is 1. The Hall–Kier alpha value is -2.89. The minimum absolute atomic E-state index is 0.135. The molecule has 2 saturated heterocycles. The lowest BCUT2D eigenvalue weighted by molar-refractivity contribution is -0.127. The number of rotatable bonds is 6. The number of thioether (sulfide) groups is 1. The van der Waals surface area contributed by atoms with Gasteiger partial charge in [-0.2, -0.15) is 0 Å². The molecule has 1 aromatic rings. The number of hydrogen-bond donors (Lipinski definition) is 2. The zero-order valence-electron chi connectivity index (χ0n) is 17.3. The average molecular weight is 447 g/mol.